The van der Waals surface area contributed by atoms with Gasteiger partial charge in [-0.15, -0.1) is 0 Å². The van der Waals surface area contributed by atoms with Crippen LogP contribution < -0.4 is 0 Å². The van der Waals surface area contributed by atoms with Gasteiger partial charge in [0.05, 0.1) is 23.4 Å². The maximum absolute atomic E-state index is 5.21. The highest BCUT2D eigenvalue weighted by Gasteiger charge is 2.29. The molecule has 6 nitrogen and oxygen atoms in total. The SMILES string of the molecule is S=c1[nH]nc(C2CC2)n1/N=C\c1cnc2ccccc2n1. The van der Waals surface area contributed by atoms with Crippen molar-refractivity contribution in [2.75, 3.05) is 0 Å². The van der Waals surface area contributed by atoms with Gasteiger partial charge in [-0.05, 0) is 37.2 Å². The Balaban J connectivity index is 1.70. The Morgan fingerprint density at radius 2 is 2.10 bits per heavy atom. The molecule has 21 heavy (non-hydrogen) atoms. The molecule has 0 spiro atoms. The fourth-order valence-electron chi connectivity index (χ4n) is 2.17. The van der Waals surface area contributed by atoms with Crippen LogP contribution in [0.25, 0.3) is 11.0 Å². The largest absolute Gasteiger partial charge is 0.252 e. The van der Waals surface area contributed by atoms with E-state index in [0.717, 1.165) is 29.7 Å². The average molecular weight is 296 g/mol. The molecule has 0 radical (unpaired) electrons. The fraction of sp³-hybridized carbons (Fsp3) is 0.214. The lowest BCUT2D eigenvalue weighted by Gasteiger charge is -1.99. The minimum absolute atomic E-state index is 0.470. The highest BCUT2D eigenvalue weighted by atomic mass is 32.1. The Kier molecular flexibility index (Phi) is 2.85. The normalized spacial score (nSPS) is 15.0. The fourth-order valence-corrected chi connectivity index (χ4v) is 2.36. The Morgan fingerprint density at radius 3 is 2.90 bits per heavy atom. The molecule has 2 aromatic heterocycles. The van der Waals surface area contributed by atoms with Crippen LogP contribution in [-0.2, 0) is 0 Å². The number of hydrogen-bond acceptors (Lipinski definition) is 5. The van der Waals surface area contributed by atoms with Crippen LogP contribution in [-0.4, -0.2) is 31.1 Å². The van der Waals surface area contributed by atoms with Crippen molar-refractivity contribution in [3.05, 3.63) is 46.8 Å². The van der Waals surface area contributed by atoms with Gasteiger partial charge >= 0.3 is 0 Å². The molecule has 1 fully saturated rings. The van der Waals surface area contributed by atoms with Crippen molar-refractivity contribution in [3.63, 3.8) is 0 Å². The minimum atomic E-state index is 0.470. The molecule has 0 bridgehead atoms. The van der Waals surface area contributed by atoms with Crippen LogP contribution in [0.3, 0.4) is 0 Å². The summed E-state index contributed by atoms with van der Waals surface area (Å²) in [7, 11) is 0. The van der Waals surface area contributed by atoms with Crippen molar-refractivity contribution in [3.8, 4) is 0 Å². The molecule has 1 aliphatic carbocycles. The summed E-state index contributed by atoms with van der Waals surface area (Å²) in [4.78, 5) is 8.87. The second-order valence-electron chi connectivity index (χ2n) is 5.00. The molecule has 1 saturated carbocycles. The van der Waals surface area contributed by atoms with Crippen molar-refractivity contribution >= 4 is 29.5 Å². The molecular formula is C14H12N6S. The number of fused-ring (bicyclic) bond motifs is 1. The van der Waals surface area contributed by atoms with Crippen LogP contribution in [0.5, 0.6) is 0 Å². The highest BCUT2D eigenvalue weighted by molar-refractivity contribution is 7.71. The first-order chi connectivity index (χ1) is 10.3. The van der Waals surface area contributed by atoms with Crippen molar-refractivity contribution in [2.45, 2.75) is 18.8 Å². The number of aromatic nitrogens is 5. The predicted molar refractivity (Wildman–Crippen MR) is 81.9 cm³/mol. The van der Waals surface area contributed by atoms with Crippen LogP contribution in [0.15, 0.2) is 35.6 Å². The van der Waals surface area contributed by atoms with Crippen molar-refractivity contribution in [1.82, 2.24) is 24.8 Å². The van der Waals surface area contributed by atoms with E-state index in [1.54, 1.807) is 17.1 Å². The van der Waals surface area contributed by atoms with Crippen LogP contribution in [0.2, 0.25) is 0 Å². The molecule has 1 aliphatic rings. The standard InChI is InChI=1S/C14H12N6S/c21-14-19-18-13(9-5-6-9)20(14)16-8-10-7-15-11-3-1-2-4-12(11)17-10/h1-4,7-9H,5-6H2,(H,19,21)/b16-8-. The second kappa shape index (κ2) is 4.85. The van der Waals surface area contributed by atoms with E-state index in [1.807, 2.05) is 24.3 Å². The molecule has 0 amide bonds. The van der Waals surface area contributed by atoms with Crippen molar-refractivity contribution < 1.29 is 0 Å². The topological polar surface area (TPSA) is 71.8 Å². The molecule has 3 aromatic rings. The van der Waals surface area contributed by atoms with Gasteiger partial charge in [0.1, 0.15) is 5.69 Å². The zero-order valence-corrected chi connectivity index (χ0v) is 11.9. The van der Waals surface area contributed by atoms with E-state index in [1.165, 1.54) is 0 Å². The molecule has 104 valence electrons. The van der Waals surface area contributed by atoms with Gasteiger partial charge in [0.25, 0.3) is 0 Å². The Bertz CT molecular complexity index is 890. The monoisotopic (exact) mass is 296 g/mol. The van der Waals surface area contributed by atoms with Gasteiger partial charge in [0.15, 0.2) is 5.82 Å². The molecule has 0 aliphatic heterocycles. The second-order valence-corrected chi connectivity index (χ2v) is 5.39. The predicted octanol–water partition coefficient (Wildman–Crippen LogP) is 2.64. The smallest absolute Gasteiger partial charge is 0.216 e. The van der Waals surface area contributed by atoms with Crippen LogP contribution in [0.1, 0.15) is 30.3 Å². The Hall–Kier alpha value is -2.41. The molecule has 1 N–H and O–H groups in total. The van der Waals surface area contributed by atoms with Crippen LogP contribution >= 0.6 is 12.2 Å². The molecular weight excluding hydrogens is 284 g/mol. The lowest BCUT2D eigenvalue weighted by molar-refractivity contribution is 0.772. The van der Waals surface area contributed by atoms with E-state index in [0.29, 0.717) is 16.4 Å². The number of para-hydroxylation sites is 2. The Morgan fingerprint density at radius 1 is 1.29 bits per heavy atom. The number of rotatable bonds is 3. The summed E-state index contributed by atoms with van der Waals surface area (Å²) in [5, 5.41) is 11.4. The Labute approximate surface area is 125 Å². The van der Waals surface area contributed by atoms with Crippen molar-refractivity contribution in [1.29, 1.82) is 0 Å². The number of benzene rings is 1. The van der Waals surface area contributed by atoms with Gasteiger partial charge in [-0.3, -0.25) is 10.1 Å². The molecule has 1 aromatic carbocycles. The first-order valence-corrected chi connectivity index (χ1v) is 7.15. The summed E-state index contributed by atoms with van der Waals surface area (Å²) >= 11 is 5.21. The van der Waals surface area contributed by atoms with Gasteiger partial charge < -0.3 is 0 Å². The third-order valence-corrected chi connectivity index (χ3v) is 3.65. The molecule has 0 unspecified atom stereocenters. The molecule has 7 heteroatoms. The van der Waals surface area contributed by atoms with Crippen LogP contribution in [0, 0.1) is 4.77 Å². The third kappa shape index (κ3) is 2.36. The molecule has 4 rings (SSSR count). The van der Waals surface area contributed by atoms with E-state index in [2.05, 4.69) is 25.3 Å². The zero-order valence-electron chi connectivity index (χ0n) is 11.1. The van der Waals surface area contributed by atoms with Gasteiger partial charge in [-0.2, -0.15) is 14.9 Å². The van der Waals surface area contributed by atoms with E-state index >= 15 is 0 Å². The number of hydrogen-bond donors (Lipinski definition) is 1. The highest BCUT2D eigenvalue weighted by Crippen LogP contribution is 2.38. The lowest BCUT2D eigenvalue weighted by atomic mass is 10.3. The quantitative estimate of drug-likeness (QED) is 0.596. The van der Waals surface area contributed by atoms with Gasteiger partial charge in [-0.25, -0.2) is 4.98 Å². The van der Waals surface area contributed by atoms with Gasteiger partial charge in [0.2, 0.25) is 4.77 Å². The summed E-state index contributed by atoms with van der Waals surface area (Å²) in [5.74, 6) is 1.36. The summed E-state index contributed by atoms with van der Waals surface area (Å²) in [5.41, 5.74) is 2.41. The minimum Gasteiger partial charge on any atom is -0.252 e. The van der Waals surface area contributed by atoms with Gasteiger partial charge in [0, 0.05) is 5.92 Å². The maximum atomic E-state index is 5.21. The summed E-state index contributed by atoms with van der Waals surface area (Å²) in [6.07, 6.45) is 5.65. The van der Waals surface area contributed by atoms with Crippen LogP contribution in [0.4, 0.5) is 0 Å². The van der Waals surface area contributed by atoms with Gasteiger partial charge in [-0.1, -0.05) is 12.1 Å². The number of aromatic amines is 1. The number of nitrogens with zero attached hydrogens (tertiary/aromatic N) is 5. The molecule has 2 heterocycles. The summed E-state index contributed by atoms with van der Waals surface area (Å²) in [6, 6.07) is 7.74. The van der Waals surface area contributed by atoms with E-state index in [9.17, 15) is 0 Å². The van der Waals surface area contributed by atoms with E-state index in [4.69, 9.17) is 12.2 Å². The summed E-state index contributed by atoms with van der Waals surface area (Å²) in [6.45, 7) is 0. The maximum Gasteiger partial charge on any atom is 0.216 e. The average Bonchev–Trinajstić information content (AvgIpc) is 3.29. The third-order valence-electron chi connectivity index (χ3n) is 3.39. The number of nitrogens with one attached hydrogen (secondary N) is 1. The summed E-state index contributed by atoms with van der Waals surface area (Å²) < 4.78 is 2.17. The van der Waals surface area contributed by atoms with E-state index < -0.39 is 0 Å². The first kappa shape index (κ1) is 12.3. The molecule has 0 atom stereocenters. The number of H-pyrrole nitrogens is 1. The van der Waals surface area contributed by atoms with Crippen molar-refractivity contribution in [2.24, 2.45) is 5.10 Å². The zero-order chi connectivity index (χ0) is 14.2. The van der Waals surface area contributed by atoms with E-state index in [-0.39, 0.29) is 0 Å². The lowest BCUT2D eigenvalue weighted by Crippen LogP contribution is -1.98. The first-order valence-electron chi connectivity index (χ1n) is 6.75. The molecule has 0 saturated heterocycles.